The van der Waals surface area contributed by atoms with E-state index < -0.39 is 0 Å². The van der Waals surface area contributed by atoms with E-state index in [1.54, 1.807) is 31.4 Å². The van der Waals surface area contributed by atoms with Crippen LogP contribution in [0.5, 0.6) is 0 Å². The molecule has 0 unspecified atom stereocenters. The number of carbonyl (C=O) groups is 2. The maximum Gasteiger partial charge on any atom is 0.267 e. The Morgan fingerprint density at radius 3 is 2.70 bits per heavy atom. The van der Waals surface area contributed by atoms with E-state index in [0.717, 1.165) is 16.5 Å². The first kappa shape index (κ1) is 19.4. The van der Waals surface area contributed by atoms with Gasteiger partial charge in [-0.2, -0.15) is 0 Å². The fourth-order valence-corrected chi connectivity index (χ4v) is 4.02. The molecule has 0 aliphatic carbocycles. The summed E-state index contributed by atoms with van der Waals surface area (Å²) in [5.74, 6) is -0.485. The molecule has 0 fully saturated rings. The number of fused-ring (bicyclic) bond motifs is 1. The third-order valence-corrected chi connectivity index (χ3v) is 5.61. The molecule has 2 N–H and O–H groups in total. The lowest BCUT2D eigenvalue weighted by Crippen LogP contribution is -2.25. The van der Waals surface area contributed by atoms with Crippen LogP contribution in [0.15, 0.2) is 48.5 Å². The van der Waals surface area contributed by atoms with E-state index >= 15 is 0 Å². The van der Waals surface area contributed by atoms with Crippen molar-refractivity contribution in [2.75, 3.05) is 25.6 Å². The van der Waals surface area contributed by atoms with Crippen LogP contribution in [-0.2, 0) is 4.74 Å². The van der Waals surface area contributed by atoms with E-state index in [1.165, 1.54) is 11.3 Å². The molecular formula is C20H19ClN2O3S. The SMILES string of the molecule is COCCCNC(=O)c1cccc(NC(=O)c2sc3ccccc3c2Cl)c1. The summed E-state index contributed by atoms with van der Waals surface area (Å²) >= 11 is 7.70. The van der Waals surface area contributed by atoms with Crippen molar-refractivity contribution in [3.05, 3.63) is 64.0 Å². The van der Waals surface area contributed by atoms with Crippen molar-refractivity contribution in [2.45, 2.75) is 6.42 Å². The largest absolute Gasteiger partial charge is 0.385 e. The first-order valence-electron chi connectivity index (χ1n) is 8.45. The van der Waals surface area contributed by atoms with Gasteiger partial charge in [-0.1, -0.05) is 35.9 Å². The van der Waals surface area contributed by atoms with Gasteiger partial charge in [-0.15, -0.1) is 11.3 Å². The molecule has 0 aliphatic heterocycles. The molecule has 0 aliphatic rings. The molecule has 0 bridgehead atoms. The average molecular weight is 403 g/mol. The van der Waals surface area contributed by atoms with Crippen LogP contribution >= 0.6 is 22.9 Å². The second-order valence-corrected chi connectivity index (χ2v) is 7.31. The smallest absolute Gasteiger partial charge is 0.267 e. The normalized spacial score (nSPS) is 10.7. The summed E-state index contributed by atoms with van der Waals surface area (Å²) < 4.78 is 5.91. The summed E-state index contributed by atoms with van der Waals surface area (Å²) in [6.07, 6.45) is 0.739. The number of amides is 2. The predicted molar refractivity (Wildman–Crippen MR) is 110 cm³/mol. The Kier molecular flexibility index (Phi) is 6.45. The van der Waals surface area contributed by atoms with Crippen LogP contribution in [0.25, 0.3) is 10.1 Å². The molecule has 0 spiro atoms. The lowest BCUT2D eigenvalue weighted by atomic mass is 10.2. The fraction of sp³-hybridized carbons (Fsp3) is 0.200. The van der Waals surface area contributed by atoms with Crippen molar-refractivity contribution in [3.8, 4) is 0 Å². The molecule has 2 aromatic carbocycles. The van der Waals surface area contributed by atoms with Crippen LogP contribution < -0.4 is 10.6 Å². The number of methoxy groups -OCH3 is 1. The Bertz CT molecular complexity index is 971. The zero-order chi connectivity index (χ0) is 19.2. The molecule has 27 heavy (non-hydrogen) atoms. The van der Waals surface area contributed by atoms with Gasteiger partial charge in [0.1, 0.15) is 4.88 Å². The first-order valence-corrected chi connectivity index (χ1v) is 9.65. The van der Waals surface area contributed by atoms with Crippen LogP contribution in [-0.4, -0.2) is 32.1 Å². The highest BCUT2D eigenvalue weighted by Gasteiger charge is 2.17. The highest BCUT2D eigenvalue weighted by atomic mass is 35.5. The van der Waals surface area contributed by atoms with Crippen molar-refractivity contribution in [1.29, 1.82) is 0 Å². The number of ether oxygens (including phenoxy) is 1. The van der Waals surface area contributed by atoms with Crippen molar-refractivity contribution < 1.29 is 14.3 Å². The van der Waals surface area contributed by atoms with Crippen LogP contribution in [0.2, 0.25) is 5.02 Å². The minimum Gasteiger partial charge on any atom is -0.385 e. The summed E-state index contributed by atoms with van der Waals surface area (Å²) in [7, 11) is 1.62. The lowest BCUT2D eigenvalue weighted by Gasteiger charge is -2.08. The molecule has 1 heterocycles. The molecular weight excluding hydrogens is 384 g/mol. The van der Waals surface area contributed by atoms with E-state index in [0.29, 0.717) is 34.3 Å². The zero-order valence-corrected chi connectivity index (χ0v) is 16.3. The van der Waals surface area contributed by atoms with Crippen LogP contribution in [0, 0.1) is 0 Å². The molecule has 3 rings (SSSR count). The Morgan fingerprint density at radius 2 is 1.93 bits per heavy atom. The number of thiophene rings is 1. The van der Waals surface area contributed by atoms with Gasteiger partial charge >= 0.3 is 0 Å². The van der Waals surface area contributed by atoms with Crippen molar-refractivity contribution in [3.63, 3.8) is 0 Å². The first-order chi connectivity index (χ1) is 13.1. The van der Waals surface area contributed by atoms with Gasteiger partial charge in [-0.05, 0) is 30.7 Å². The van der Waals surface area contributed by atoms with Gasteiger partial charge in [0.25, 0.3) is 11.8 Å². The summed E-state index contributed by atoms with van der Waals surface area (Å²) in [5.41, 5.74) is 1.02. The van der Waals surface area contributed by atoms with E-state index in [-0.39, 0.29) is 11.8 Å². The topological polar surface area (TPSA) is 67.4 Å². The summed E-state index contributed by atoms with van der Waals surface area (Å²) in [6, 6.07) is 14.4. The Balaban J connectivity index is 1.71. The molecule has 0 saturated carbocycles. The third-order valence-electron chi connectivity index (χ3n) is 3.93. The van der Waals surface area contributed by atoms with E-state index in [2.05, 4.69) is 10.6 Å². The molecule has 0 radical (unpaired) electrons. The number of nitrogens with one attached hydrogen (secondary N) is 2. The second kappa shape index (κ2) is 8.99. The van der Waals surface area contributed by atoms with Gasteiger partial charge in [0.15, 0.2) is 0 Å². The minimum absolute atomic E-state index is 0.193. The number of anilines is 1. The van der Waals surface area contributed by atoms with Crippen LogP contribution in [0.4, 0.5) is 5.69 Å². The number of carbonyl (C=O) groups excluding carboxylic acids is 2. The quantitative estimate of drug-likeness (QED) is 0.568. The monoisotopic (exact) mass is 402 g/mol. The molecule has 1 aromatic heterocycles. The van der Waals surface area contributed by atoms with E-state index in [9.17, 15) is 9.59 Å². The zero-order valence-electron chi connectivity index (χ0n) is 14.8. The summed E-state index contributed by atoms with van der Waals surface area (Å²) in [6.45, 7) is 1.12. The molecule has 5 nitrogen and oxygen atoms in total. The van der Waals surface area contributed by atoms with Gasteiger partial charge in [0.05, 0.1) is 5.02 Å². The molecule has 140 valence electrons. The standard InChI is InChI=1S/C20H19ClN2O3S/c1-26-11-5-10-22-19(24)13-6-4-7-14(12-13)23-20(25)18-17(21)15-8-2-3-9-16(15)27-18/h2-4,6-9,12H,5,10-11H2,1H3,(H,22,24)(H,23,25). The lowest BCUT2D eigenvalue weighted by molar-refractivity contribution is 0.0947. The number of hydrogen-bond donors (Lipinski definition) is 2. The molecule has 0 saturated heterocycles. The summed E-state index contributed by atoms with van der Waals surface area (Å²) in [4.78, 5) is 25.3. The molecule has 7 heteroatoms. The predicted octanol–water partition coefficient (Wildman–Crippen LogP) is 4.57. The highest BCUT2D eigenvalue weighted by Crippen LogP contribution is 2.35. The summed E-state index contributed by atoms with van der Waals surface area (Å²) in [5, 5.41) is 6.95. The second-order valence-electron chi connectivity index (χ2n) is 5.88. The highest BCUT2D eigenvalue weighted by molar-refractivity contribution is 7.21. The average Bonchev–Trinajstić information content (AvgIpc) is 3.02. The van der Waals surface area contributed by atoms with Gasteiger partial charge in [0.2, 0.25) is 0 Å². The Morgan fingerprint density at radius 1 is 1.11 bits per heavy atom. The van der Waals surface area contributed by atoms with E-state index in [1.807, 2.05) is 24.3 Å². The van der Waals surface area contributed by atoms with Gasteiger partial charge in [0, 0.05) is 41.6 Å². The van der Waals surface area contributed by atoms with Gasteiger partial charge < -0.3 is 15.4 Å². The molecule has 2 amide bonds. The molecule has 0 atom stereocenters. The maximum atomic E-state index is 12.6. The Labute approximate surface area is 166 Å². The van der Waals surface area contributed by atoms with Gasteiger partial charge in [-0.3, -0.25) is 9.59 Å². The van der Waals surface area contributed by atoms with Gasteiger partial charge in [-0.25, -0.2) is 0 Å². The van der Waals surface area contributed by atoms with Crippen molar-refractivity contribution in [2.24, 2.45) is 0 Å². The molecule has 3 aromatic rings. The fourth-order valence-electron chi connectivity index (χ4n) is 2.61. The van der Waals surface area contributed by atoms with Crippen LogP contribution in [0.3, 0.4) is 0 Å². The van der Waals surface area contributed by atoms with E-state index in [4.69, 9.17) is 16.3 Å². The Hall–Kier alpha value is -2.41. The minimum atomic E-state index is -0.293. The number of hydrogen-bond acceptors (Lipinski definition) is 4. The number of rotatable bonds is 7. The maximum absolute atomic E-state index is 12.6. The number of benzene rings is 2. The van der Waals surface area contributed by atoms with Crippen molar-refractivity contribution in [1.82, 2.24) is 5.32 Å². The third kappa shape index (κ3) is 4.66. The van der Waals surface area contributed by atoms with Crippen molar-refractivity contribution >= 4 is 50.5 Å². The number of halogens is 1. The van der Waals surface area contributed by atoms with Crippen LogP contribution in [0.1, 0.15) is 26.5 Å².